The lowest BCUT2D eigenvalue weighted by Gasteiger charge is -2.44. The summed E-state index contributed by atoms with van der Waals surface area (Å²) in [5.41, 5.74) is 1.25. The van der Waals surface area contributed by atoms with Crippen LogP contribution in [0.5, 0.6) is 0 Å². The summed E-state index contributed by atoms with van der Waals surface area (Å²) in [6.07, 6.45) is 2.29. The van der Waals surface area contributed by atoms with Crippen molar-refractivity contribution in [2.24, 2.45) is 0 Å². The van der Waals surface area contributed by atoms with Crippen LogP contribution in [0, 0.1) is 0 Å². The molecule has 1 atom stereocenters. The number of nitrogens with zero attached hydrogens (tertiary/aromatic N) is 2. The predicted octanol–water partition coefficient (Wildman–Crippen LogP) is 2.38. The molecule has 1 N–H and O–H groups in total. The molecule has 0 amide bonds. The molecule has 0 radical (unpaired) electrons. The molecule has 2 aliphatic heterocycles. The standard InChI is InChI=1S/C18H30N2O4S/c1-5-25-17-16(18(21)22)14(4)12-15(19-6-9-23-10-7-19)20(17)8-11-24-13(2)3/h12-13,15H,5-11H2,1-4H3,(H,21,22). The van der Waals surface area contributed by atoms with E-state index in [4.69, 9.17) is 9.47 Å². The van der Waals surface area contributed by atoms with Gasteiger partial charge in [0.25, 0.3) is 0 Å². The first-order valence-corrected chi connectivity index (χ1v) is 9.93. The Bertz CT molecular complexity index is 527. The van der Waals surface area contributed by atoms with E-state index in [2.05, 4.69) is 22.8 Å². The second-order valence-electron chi connectivity index (χ2n) is 6.44. The van der Waals surface area contributed by atoms with Crippen molar-refractivity contribution in [2.75, 3.05) is 45.2 Å². The van der Waals surface area contributed by atoms with Crippen LogP contribution in [0.1, 0.15) is 27.7 Å². The fourth-order valence-corrected chi connectivity index (χ4v) is 4.18. The lowest BCUT2D eigenvalue weighted by atomic mass is 10.0. The smallest absolute Gasteiger partial charge is 0.338 e. The second kappa shape index (κ2) is 9.62. The van der Waals surface area contributed by atoms with E-state index in [0.29, 0.717) is 31.9 Å². The van der Waals surface area contributed by atoms with Crippen molar-refractivity contribution in [3.63, 3.8) is 0 Å². The summed E-state index contributed by atoms with van der Waals surface area (Å²) in [6.45, 7) is 12.4. The monoisotopic (exact) mass is 370 g/mol. The molecule has 0 aromatic heterocycles. The number of carboxylic acids is 1. The Labute approximate surface area is 154 Å². The molecule has 0 aliphatic carbocycles. The zero-order valence-electron chi connectivity index (χ0n) is 15.7. The summed E-state index contributed by atoms with van der Waals surface area (Å²) in [6, 6.07) is 0. The van der Waals surface area contributed by atoms with Crippen molar-refractivity contribution in [3.8, 4) is 0 Å². The van der Waals surface area contributed by atoms with Crippen LogP contribution in [0.25, 0.3) is 0 Å². The van der Waals surface area contributed by atoms with Crippen LogP contribution in [0.15, 0.2) is 22.3 Å². The highest BCUT2D eigenvalue weighted by molar-refractivity contribution is 8.03. The predicted molar refractivity (Wildman–Crippen MR) is 101 cm³/mol. The van der Waals surface area contributed by atoms with E-state index in [-0.39, 0.29) is 12.3 Å². The van der Waals surface area contributed by atoms with Crippen LogP contribution < -0.4 is 0 Å². The van der Waals surface area contributed by atoms with Crippen LogP contribution in [-0.2, 0) is 14.3 Å². The van der Waals surface area contributed by atoms with Gasteiger partial charge in [0, 0.05) is 19.6 Å². The molecular weight excluding hydrogens is 340 g/mol. The highest BCUT2D eigenvalue weighted by atomic mass is 32.2. The Morgan fingerprint density at radius 3 is 2.68 bits per heavy atom. The number of hydrogen-bond acceptors (Lipinski definition) is 6. The minimum absolute atomic E-state index is 0.0526. The number of thioether (sulfide) groups is 1. The molecule has 6 nitrogen and oxygen atoms in total. The third-order valence-corrected chi connectivity index (χ3v) is 5.29. The Morgan fingerprint density at radius 2 is 2.12 bits per heavy atom. The largest absolute Gasteiger partial charge is 0.478 e. The summed E-state index contributed by atoms with van der Waals surface area (Å²) < 4.78 is 11.2. The Kier molecular flexibility index (Phi) is 7.81. The molecular formula is C18H30N2O4S. The van der Waals surface area contributed by atoms with Crippen LogP contribution in [-0.4, -0.2) is 78.4 Å². The number of aliphatic carboxylic acids is 1. The third-order valence-electron chi connectivity index (χ3n) is 4.29. The number of rotatable bonds is 8. The van der Waals surface area contributed by atoms with Gasteiger partial charge in [-0.3, -0.25) is 4.90 Å². The Hall–Kier alpha value is -1.02. The van der Waals surface area contributed by atoms with Gasteiger partial charge in [-0.1, -0.05) is 6.92 Å². The van der Waals surface area contributed by atoms with Crippen LogP contribution in [0.3, 0.4) is 0 Å². The highest BCUT2D eigenvalue weighted by Crippen LogP contribution is 2.35. The quantitative estimate of drug-likeness (QED) is 0.704. The second-order valence-corrected chi connectivity index (χ2v) is 7.70. The number of hydrogen-bond donors (Lipinski definition) is 1. The molecule has 1 saturated heterocycles. The van der Waals surface area contributed by atoms with Crippen LogP contribution >= 0.6 is 11.8 Å². The first kappa shape index (κ1) is 20.3. The van der Waals surface area contributed by atoms with Crippen molar-refractivity contribution in [2.45, 2.75) is 40.0 Å². The van der Waals surface area contributed by atoms with E-state index in [0.717, 1.165) is 29.4 Å². The summed E-state index contributed by atoms with van der Waals surface area (Å²) in [5.74, 6) is -0.0311. The lowest BCUT2D eigenvalue weighted by molar-refractivity contribution is -0.132. The molecule has 2 heterocycles. The fraction of sp³-hybridized carbons (Fsp3) is 0.722. The van der Waals surface area contributed by atoms with Crippen molar-refractivity contribution < 1.29 is 19.4 Å². The van der Waals surface area contributed by atoms with Gasteiger partial charge in [-0.15, -0.1) is 11.8 Å². The first-order chi connectivity index (χ1) is 12.0. The average Bonchev–Trinajstić information content (AvgIpc) is 2.56. The van der Waals surface area contributed by atoms with E-state index in [1.165, 1.54) is 0 Å². The van der Waals surface area contributed by atoms with E-state index in [1.54, 1.807) is 11.8 Å². The summed E-state index contributed by atoms with van der Waals surface area (Å²) in [7, 11) is 0. The van der Waals surface area contributed by atoms with E-state index >= 15 is 0 Å². The van der Waals surface area contributed by atoms with Gasteiger partial charge in [0.2, 0.25) is 0 Å². The van der Waals surface area contributed by atoms with Gasteiger partial charge >= 0.3 is 5.97 Å². The van der Waals surface area contributed by atoms with Crippen molar-refractivity contribution in [1.82, 2.24) is 9.80 Å². The van der Waals surface area contributed by atoms with Gasteiger partial charge in [-0.25, -0.2) is 4.79 Å². The van der Waals surface area contributed by atoms with Crippen molar-refractivity contribution >= 4 is 17.7 Å². The number of carboxylic acid groups (broad SMARTS) is 1. The first-order valence-electron chi connectivity index (χ1n) is 8.94. The molecule has 142 valence electrons. The topological polar surface area (TPSA) is 62.2 Å². The van der Waals surface area contributed by atoms with Gasteiger partial charge in [0.1, 0.15) is 6.17 Å². The van der Waals surface area contributed by atoms with Gasteiger partial charge in [0.15, 0.2) is 0 Å². The van der Waals surface area contributed by atoms with Crippen molar-refractivity contribution in [3.05, 3.63) is 22.3 Å². The van der Waals surface area contributed by atoms with Crippen molar-refractivity contribution in [1.29, 1.82) is 0 Å². The maximum absolute atomic E-state index is 11.9. The molecule has 7 heteroatoms. The lowest BCUT2D eigenvalue weighted by Crippen LogP contribution is -2.53. The van der Waals surface area contributed by atoms with E-state index in [1.807, 2.05) is 20.8 Å². The normalized spacial score (nSPS) is 22.5. The molecule has 2 rings (SSSR count). The molecule has 2 aliphatic rings. The van der Waals surface area contributed by atoms with Gasteiger partial charge in [0.05, 0.1) is 36.5 Å². The summed E-state index contributed by atoms with van der Waals surface area (Å²) >= 11 is 1.60. The minimum Gasteiger partial charge on any atom is -0.478 e. The zero-order chi connectivity index (χ0) is 18.4. The third kappa shape index (κ3) is 5.23. The highest BCUT2D eigenvalue weighted by Gasteiger charge is 2.34. The molecule has 0 saturated carbocycles. The Balaban J connectivity index is 2.31. The zero-order valence-corrected chi connectivity index (χ0v) is 16.5. The molecule has 1 fully saturated rings. The van der Waals surface area contributed by atoms with Gasteiger partial charge in [-0.05, 0) is 38.2 Å². The molecule has 25 heavy (non-hydrogen) atoms. The minimum atomic E-state index is -0.861. The van der Waals surface area contributed by atoms with Crippen LogP contribution in [0.4, 0.5) is 0 Å². The summed E-state index contributed by atoms with van der Waals surface area (Å²) in [4.78, 5) is 16.4. The summed E-state index contributed by atoms with van der Waals surface area (Å²) in [5, 5.41) is 10.6. The SMILES string of the molecule is CCSC1=C(C(=O)O)C(C)=CC(N2CCOCC2)N1CCOC(C)C. The molecule has 0 spiro atoms. The van der Waals surface area contributed by atoms with E-state index in [9.17, 15) is 9.90 Å². The van der Waals surface area contributed by atoms with Gasteiger partial charge < -0.3 is 19.5 Å². The number of morpholine rings is 1. The van der Waals surface area contributed by atoms with E-state index < -0.39 is 5.97 Å². The molecule has 0 aromatic carbocycles. The average molecular weight is 371 g/mol. The molecule has 1 unspecified atom stereocenters. The number of carbonyl (C=O) groups is 1. The maximum atomic E-state index is 11.9. The molecule has 0 bridgehead atoms. The maximum Gasteiger partial charge on any atom is 0.338 e. The molecule has 0 aromatic rings. The van der Waals surface area contributed by atoms with Gasteiger partial charge in [-0.2, -0.15) is 0 Å². The Morgan fingerprint density at radius 1 is 1.44 bits per heavy atom. The van der Waals surface area contributed by atoms with Crippen LogP contribution in [0.2, 0.25) is 0 Å². The fourth-order valence-electron chi connectivity index (χ4n) is 3.15. The number of ether oxygens (including phenoxy) is 2.